The van der Waals surface area contributed by atoms with Crippen LogP contribution < -0.4 is 16.0 Å². The number of anilines is 2. The summed E-state index contributed by atoms with van der Waals surface area (Å²) in [5.74, 6) is 0.0553. The molecule has 1 amide bonds. The lowest BCUT2D eigenvalue weighted by molar-refractivity contribution is -0.115. The molecule has 0 radical (unpaired) electrons. The van der Waals surface area contributed by atoms with E-state index in [4.69, 9.17) is 5.73 Å². The predicted molar refractivity (Wildman–Crippen MR) is 62.6 cm³/mol. The van der Waals surface area contributed by atoms with E-state index in [0.29, 0.717) is 18.8 Å². The third-order valence-corrected chi connectivity index (χ3v) is 2.75. The van der Waals surface area contributed by atoms with Gasteiger partial charge in [-0.25, -0.2) is 0 Å². The fourth-order valence-corrected chi connectivity index (χ4v) is 1.82. The molecule has 0 fully saturated rings. The molecule has 1 aliphatic heterocycles. The number of hydrogen-bond acceptors (Lipinski definition) is 4. The molecule has 0 bridgehead atoms. The number of nitrogens with two attached hydrogens (primary N) is 1. The minimum atomic E-state index is -0.0848. The fourth-order valence-electron chi connectivity index (χ4n) is 1.82. The summed E-state index contributed by atoms with van der Waals surface area (Å²) in [6.07, 6.45) is 0. The normalized spacial score (nSPS) is 16.6. The van der Waals surface area contributed by atoms with Gasteiger partial charge in [-0.3, -0.25) is 4.79 Å². The molecule has 1 heterocycles. The van der Waals surface area contributed by atoms with Crippen molar-refractivity contribution in [2.75, 3.05) is 23.3 Å². The van der Waals surface area contributed by atoms with Crippen molar-refractivity contribution in [1.82, 2.24) is 0 Å². The number of carbonyl (C=O) groups excluding carboxylic acids is 1. The average Bonchev–Trinajstić information content (AvgIpc) is 2.26. The van der Waals surface area contributed by atoms with Crippen LogP contribution in [0.2, 0.25) is 0 Å². The van der Waals surface area contributed by atoms with Gasteiger partial charge in [-0.2, -0.15) is 0 Å². The Hall–Kier alpha value is -1.75. The Morgan fingerprint density at radius 1 is 1.62 bits per heavy atom. The van der Waals surface area contributed by atoms with E-state index in [1.165, 1.54) is 0 Å². The van der Waals surface area contributed by atoms with Crippen LogP contribution in [0.15, 0.2) is 18.2 Å². The monoisotopic (exact) mass is 221 g/mol. The van der Waals surface area contributed by atoms with Crippen LogP contribution in [0.25, 0.3) is 0 Å². The molecule has 2 rings (SSSR count). The highest BCUT2D eigenvalue weighted by Gasteiger charge is 2.25. The number of amides is 1. The molecule has 1 aromatic rings. The zero-order chi connectivity index (χ0) is 11.7. The van der Waals surface area contributed by atoms with E-state index in [9.17, 15) is 9.90 Å². The van der Waals surface area contributed by atoms with Crippen molar-refractivity contribution in [3.05, 3.63) is 18.2 Å². The first-order valence-electron chi connectivity index (χ1n) is 5.21. The first kappa shape index (κ1) is 10.8. The number of phenols is 1. The second-order valence-electron chi connectivity index (χ2n) is 3.96. The summed E-state index contributed by atoms with van der Waals surface area (Å²) in [7, 11) is 0. The summed E-state index contributed by atoms with van der Waals surface area (Å²) in [6, 6.07) is 5.03. The quantitative estimate of drug-likeness (QED) is 0.679. The second-order valence-corrected chi connectivity index (χ2v) is 3.96. The van der Waals surface area contributed by atoms with Crippen molar-refractivity contribution in [3.8, 4) is 5.75 Å². The molecule has 16 heavy (non-hydrogen) atoms. The first-order chi connectivity index (χ1) is 7.61. The van der Waals surface area contributed by atoms with Gasteiger partial charge in [-0.1, -0.05) is 0 Å². The van der Waals surface area contributed by atoms with Crippen LogP contribution >= 0.6 is 0 Å². The zero-order valence-electron chi connectivity index (χ0n) is 9.10. The molecule has 4 N–H and O–H groups in total. The van der Waals surface area contributed by atoms with Crippen LogP contribution in [0.1, 0.15) is 6.92 Å². The molecule has 0 saturated carbocycles. The fraction of sp³-hybridized carbons (Fsp3) is 0.364. The summed E-state index contributed by atoms with van der Waals surface area (Å²) in [5, 5.41) is 12.1. The van der Waals surface area contributed by atoms with Crippen LogP contribution in [-0.2, 0) is 4.79 Å². The summed E-state index contributed by atoms with van der Waals surface area (Å²) in [6.45, 7) is 2.75. The van der Waals surface area contributed by atoms with Gasteiger partial charge in [-0.05, 0) is 19.1 Å². The molecule has 1 aromatic carbocycles. The maximum atomic E-state index is 11.5. The molecule has 1 unspecified atom stereocenters. The number of nitrogens with zero attached hydrogens (tertiary/aromatic N) is 1. The van der Waals surface area contributed by atoms with Crippen molar-refractivity contribution >= 4 is 17.3 Å². The largest absolute Gasteiger partial charge is 0.508 e. The minimum Gasteiger partial charge on any atom is -0.508 e. The lowest BCUT2D eigenvalue weighted by Crippen LogP contribution is -2.46. The first-order valence-corrected chi connectivity index (χ1v) is 5.21. The van der Waals surface area contributed by atoms with Crippen molar-refractivity contribution in [2.24, 2.45) is 5.73 Å². The van der Waals surface area contributed by atoms with Crippen molar-refractivity contribution in [2.45, 2.75) is 13.0 Å². The maximum Gasteiger partial charge on any atom is 0.243 e. The Kier molecular flexibility index (Phi) is 2.70. The predicted octanol–water partition coefficient (Wildman–Crippen LogP) is 0.498. The van der Waals surface area contributed by atoms with E-state index in [1.54, 1.807) is 18.2 Å². The standard InChI is InChI=1S/C11H15N3O2/c1-7(5-12)14-6-11(16)13-9-4-8(15)2-3-10(9)14/h2-4,7,15H,5-6,12H2,1H3,(H,13,16). The number of aromatic hydroxyl groups is 1. The van der Waals surface area contributed by atoms with Gasteiger partial charge in [-0.15, -0.1) is 0 Å². The summed E-state index contributed by atoms with van der Waals surface area (Å²) < 4.78 is 0. The number of fused-ring (bicyclic) bond motifs is 1. The molecule has 0 aliphatic carbocycles. The molecule has 1 aliphatic rings. The van der Waals surface area contributed by atoms with Gasteiger partial charge in [0.2, 0.25) is 5.91 Å². The highest BCUT2D eigenvalue weighted by Crippen LogP contribution is 2.33. The van der Waals surface area contributed by atoms with Gasteiger partial charge in [0, 0.05) is 18.7 Å². The Labute approximate surface area is 93.9 Å². The average molecular weight is 221 g/mol. The summed E-state index contributed by atoms with van der Waals surface area (Å²) in [5.41, 5.74) is 7.15. The zero-order valence-corrected chi connectivity index (χ0v) is 9.10. The SMILES string of the molecule is CC(CN)N1CC(=O)Nc2cc(O)ccc21. The van der Waals surface area contributed by atoms with Crippen LogP contribution in [0.3, 0.4) is 0 Å². The number of nitrogens with one attached hydrogen (secondary N) is 1. The molecular formula is C11H15N3O2. The Morgan fingerprint density at radius 3 is 3.06 bits per heavy atom. The van der Waals surface area contributed by atoms with E-state index in [2.05, 4.69) is 5.32 Å². The number of rotatable bonds is 2. The number of phenolic OH excluding ortho intramolecular Hbond substituents is 1. The van der Waals surface area contributed by atoms with Crippen LogP contribution in [0, 0.1) is 0 Å². The Bertz CT molecular complexity index is 420. The lowest BCUT2D eigenvalue weighted by atomic mass is 10.1. The van der Waals surface area contributed by atoms with E-state index < -0.39 is 0 Å². The Morgan fingerprint density at radius 2 is 2.38 bits per heavy atom. The van der Waals surface area contributed by atoms with Crippen LogP contribution in [0.5, 0.6) is 5.75 Å². The number of benzene rings is 1. The van der Waals surface area contributed by atoms with Gasteiger partial charge < -0.3 is 21.1 Å². The number of carbonyl (C=O) groups is 1. The molecule has 1 atom stereocenters. The van der Waals surface area contributed by atoms with Crippen molar-refractivity contribution in [3.63, 3.8) is 0 Å². The molecule has 5 heteroatoms. The molecule has 5 nitrogen and oxygen atoms in total. The minimum absolute atomic E-state index is 0.0848. The van der Waals surface area contributed by atoms with Gasteiger partial charge >= 0.3 is 0 Å². The third-order valence-electron chi connectivity index (χ3n) is 2.75. The Balaban J connectivity index is 2.41. The third kappa shape index (κ3) is 1.81. The van der Waals surface area contributed by atoms with E-state index in [-0.39, 0.29) is 17.7 Å². The topological polar surface area (TPSA) is 78.6 Å². The van der Waals surface area contributed by atoms with Gasteiger partial charge in [0.1, 0.15) is 5.75 Å². The lowest BCUT2D eigenvalue weighted by Gasteiger charge is -2.35. The highest BCUT2D eigenvalue weighted by molar-refractivity contribution is 6.01. The maximum absolute atomic E-state index is 11.5. The smallest absolute Gasteiger partial charge is 0.243 e. The van der Waals surface area contributed by atoms with Crippen LogP contribution in [0.4, 0.5) is 11.4 Å². The van der Waals surface area contributed by atoms with E-state index >= 15 is 0 Å². The molecule has 0 aromatic heterocycles. The second kappa shape index (κ2) is 4.02. The van der Waals surface area contributed by atoms with E-state index in [1.807, 2.05) is 11.8 Å². The molecule has 86 valence electrons. The van der Waals surface area contributed by atoms with Gasteiger partial charge in [0.25, 0.3) is 0 Å². The van der Waals surface area contributed by atoms with E-state index in [0.717, 1.165) is 5.69 Å². The van der Waals surface area contributed by atoms with Gasteiger partial charge in [0.15, 0.2) is 0 Å². The summed E-state index contributed by atoms with van der Waals surface area (Å²) >= 11 is 0. The van der Waals surface area contributed by atoms with Gasteiger partial charge in [0.05, 0.1) is 17.9 Å². The molecular weight excluding hydrogens is 206 g/mol. The molecule has 0 saturated heterocycles. The summed E-state index contributed by atoms with van der Waals surface area (Å²) in [4.78, 5) is 13.4. The van der Waals surface area contributed by atoms with Crippen LogP contribution in [-0.4, -0.2) is 30.1 Å². The number of hydrogen-bond donors (Lipinski definition) is 3. The molecule has 0 spiro atoms. The highest BCUT2D eigenvalue weighted by atomic mass is 16.3. The van der Waals surface area contributed by atoms with Crippen molar-refractivity contribution < 1.29 is 9.90 Å². The van der Waals surface area contributed by atoms with Crippen molar-refractivity contribution in [1.29, 1.82) is 0 Å².